The Labute approximate surface area is 108 Å². The number of fused-ring (bicyclic) bond motifs is 1. The molecule has 0 radical (unpaired) electrons. The second kappa shape index (κ2) is 4.45. The average Bonchev–Trinajstić information content (AvgIpc) is 2.81. The number of hydrogen-bond acceptors (Lipinski definition) is 5. The summed E-state index contributed by atoms with van der Waals surface area (Å²) in [5, 5.41) is 0.396. The molecule has 18 heavy (non-hydrogen) atoms. The Bertz CT molecular complexity index is 577. The van der Waals surface area contributed by atoms with Crippen LogP contribution in [0.3, 0.4) is 0 Å². The van der Waals surface area contributed by atoms with Gasteiger partial charge in [-0.05, 0) is 12.1 Å². The van der Waals surface area contributed by atoms with Gasteiger partial charge in [0.05, 0.1) is 0 Å². The van der Waals surface area contributed by atoms with Gasteiger partial charge in [-0.15, -0.1) is 0 Å². The third-order valence-corrected chi connectivity index (χ3v) is 3.15. The van der Waals surface area contributed by atoms with Crippen LogP contribution in [0, 0.1) is 0 Å². The first-order valence-corrected chi connectivity index (χ1v) is 6.01. The number of anilines is 1. The number of amides is 1. The summed E-state index contributed by atoms with van der Waals surface area (Å²) in [6, 6.07) is 3.96. The Hall–Kier alpha value is -1.82. The fraction of sp³-hybridized carbons (Fsp3) is 0.364. The van der Waals surface area contributed by atoms with Crippen molar-refractivity contribution in [3.8, 4) is 0 Å². The van der Waals surface area contributed by atoms with Crippen LogP contribution in [0.1, 0.15) is 0 Å². The van der Waals surface area contributed by atoms with E-state index in [-0.39, 0.29) is 0 Å². The average molecular weight is 267 g/mol. The summed E-state index contributed by atoms with van der Waals surface area (Å²) in [6.07, 6.45) is 0.866. The molecule has 3 heterocycles. The van der Waals surface area contributed by atoms with Crippen LogP contribution in [-0.4, -0.2) is 47.5 Å². The largest absolute Gasteiger partial charge is 0.422 e. The highest BCUT2D eigenvalue weighted by Gasteiger charge is 2.20. The van der Waals surface area contributed by atoms with Crippen molar-refractivity contribution in [2.75, 3.05) is 31.1 Å². The summed E-state index contributed by atoms with van der Waals surface area (Å²) in [7, 11) is 0. The lowest BCUT2D eigenvalue weighted by Gasteiger charge is -2.31. The second-order valence-corrected chi connectivity index (χ2v) is 4.47. The zero-order valence-corrected chi connectivity index (χ0v) is 10.3. The molecule has 0 atom stereocenters. The number of oxazole rings is 1. The topological polar surface area (TPSA) is 62.5 Å². The molecule has 0 aromatic carbocycles. The van der Waals surface area contributed by atoms with E-state index < -0.39 is 0 Å². The van der Waals surface area contributed by atoms with Gasteiger partial charge in [0, 0.05) is 26.2 Å². The van der Waals surface area contributed by atoms with E-state index >= 15 is 0 Å². The molecule has 3 rings (SSSR count). The molecular weight excluding hydrogens is 256 g/mol. The molecule has 0 aliphatic carbocycles. The van der Waals surface area contributed by atoms with Crippen molar-refractivity contribution in [3.63, 3.8) is 0 Å². The Morgan fingerprint density at radius 1 is 1.22 bits per heavy atom. The van der Waals surface area contributed by atoms with Gasteiger partial charge in [0.1, 0.15) is 5.15 Å². The minimum atomic E-state index is 0.396. The van der Waals surface area contributed by atoms with Gasteiger partial charge < -0.3 is 14.2 Å². The molecule has 2 aromatic heterocycles. The molecule has 1 aliphatic heterocycles. The van der Waals surface area contributed by atoms with Gasteiger partial charge in [-0.25, -0.2) is 4.98 Å². The van der Waals surface area contributed by atoms with Crippen LogP contribution in [0.2, 0.25) is 5.15 Å². The van der Waals surface area contributed by atoms with E-state index in [1.54, 1.807) is 17.0 Å². The Morgan fingerprint density at radius 2 is 2.00 bits per heavy atom. The fourth-order valence-electron chi connectivity index (χ4n) is 1.94. The third kappa shape index (κ3) is 1.99. The van der Waals surface area contributed by atoms with Crippen LogP contribution in [-0.2, 0) is 4.79 Å². The predicted octanol–water partition coefficient (Wildman–Crippen LogP) is 1.15. The smallest absolute Gasteiger partial charge is 0.300 e. The molecule has 94 valence electrons. The molecule has 2 aromatic rings. The monoisotopic (exact) mass is 266 g/mol. The molecule has 1 fully saturated rings. The SMILES string of the molecule is O=CN1CCN(c2nc3nc(Cl)ccc3o2)CC1. The van der Waals surface area contributed by atoms with E-state index in [2.05, 4.69) is 9.97 Å². The number of aromatic nitrogens is 2. The minimum absolute atomic E-state index is 0.396. The summed E-state index contributed by atoms with van der Waals surface area (Å²) >= 11 is 5.80. The number of nitrogens with zero attached hydrogens (tertiary/aromatic N) is 4. The highest BCUT2D eigenvalue weighted by Crippen LogP contribution is 2.22. The number of rotatable bonds is 2. The zero-order valence-electron chi connectivity index (χ0n) is 9.54. The van der Waals surface area contributed by atoms with Crippen LogP contribution >= 0.6 is 11.6 Å². The zero-order chi connectivity index (χ0) is 12.5. The second-order valence-electron chi connectivity index (χ2n) is 4.08. The lowest BCUT2D eigenvalue weighted by Crippen LogP contribution is -2.45. The van der Waals surface area contributed by atoms with E-state index in [0.717, 1.165) is 6.41 Å². The van der Waals surface area contributed by atoms with E-state index in [0.29, 0.717) is 48.6 Å². The van der Waals surface area contributed by atoms with Crippen LogP contribution in [0.15, 0.2) is 16.5 Å². The van der Waals surface area contributed by atoms with Gasteiger partial charge in [-0.2, -0.15) is 4.98 Å². The fourth-order valence-corrected chi connectivity index (χ4v) is 2.08. The molecule has 6 nitrogen and oxygen atoms in total. The van der Waals surface area contributed by atoms with E-state index in [1.807, 2.05) is 4.90 Å². The van der Waals surface area contributed by atoms with Crippen LogP contribution < -0.4 is 4.90 Å². The molecule has 1 saturated heterocycles. The number of hydrogen-bond donors (Lipinski definition) is 0. The molecule has 0 unspecified atom stereocenters. The lowest BCUT2D eigenvalue weighted by molar-refractivity contribution is -0.118. The van der Waals surface area contributed by atoms with Crippen LogP contribution in [0.5, 0.6) is 0 Å². The summed E-state index contributed by atoms with van der Waals surface area (Å²) in [5.74, 6) is 0. The van der Waals surface area contributed by atoms with Crippen molar-refractivity contribution in [1.82, 2.24) is 14.9 Å². The van der Waals surface area contributed by atoms with E-state index in [4.69, 9.17) is 16.0 Å². The highest BCUT2D eigenvalue weighted by atomic mass is 35.5. The maximum absolute atomic E-state index is 10.6. The molecule has 7 heteroatoms. The van der Waals surface area contributed by atoms with Gasteiger partial charge in [-0.1, -0.05) is 11.6 Å². The van der Waals surface area contributed by atoms with E-state index in [1.165, 1.54) is 0 Å². The van der Waals surface area contributed by atoms with Crippen molar-refractivity contribution in [3.05, 3.63) is 17.3 Å². The third-order valence-electron chi connectivity index (χ3n) is 2.94. The number of carbonyl (C=O) groups is 1. The summed E-state index contributed by atoms with van der Waals surface area (Å²) in [6.45, 7) is 2.77. The molecular formula is C11H11ClN4O2. The molecule has 0 saturated carbocycles. The molecule has 1 amide bonds. The summed E-state index contributed by atoms with van der Waals surface area (Å²) < 4.78 is 5.62. The maximum atomic E-state index is 10.6. The van der Waals surface area contributed by atoms with Crippen molar-refractivity contribution in [1.29, 1.82) is 0 Å². The summed E-state index contributed by atoms with van der Waals surface area (Å²) in [4.78, 5) is 22.7. The first-order chi connectivity index (χ1) is 8.76. The normalized spacial score (nSPS) is 16.3. The minimum Gasteiger partial charge on any atom is -0.422 e. The molecule has 0 N–H and O–H groups in total. The molecule has 1 aliphatic rings. The lowest BCUT2D eigenvalue weighted by atomic mass is 10.3. The number of carbonyl (C=O) groups excluding carboxylic acids is 1. The standard InChI is InChI=1S/C11H11ClN4O2/c12-9-2-1-8-10(13-9)14-11(18-8)16-5-3-15(7-17)4-6-16/h1-2,7H,3-6H2. The van der Waals surface area contributed by atoms with Gasteiger partial charge in [0.2, 0.25) is 12.1 Å². The maximum Gasteiger partial charge on any atom is 0.300 e. The Kier molecular flexibility index (Phi) is 2.79. The molecule has 0 spiro atoms. The van der Waals surface area contributed by atoms with Gasteiger partial charge in [0.15, 0.2) is 5.58 Å². The Balaban J connectivity index is 1.84. The van der Waals surface area contributed by atoms with E-state index in [9.17, 15) is 4.79 Å². The predicted molar refractivity (Wildman–Crippen MR) is 66.7 cm³/mol. The van der Waals surface area contributed by atoms with Crippen molar-refractivity contribution < 1.29 is 9.21 Å². The first-order valence-electron chi connectivity index (χ1n) is 5.63. The Morgan fingerprint density at radius 3 is 2.72 bits per heavy atom. The van der Waals surface area contributed by atoms with Gasteiger partial charge >= 0.3 is 0 Å². The highest BCUT2D eigenvalue weighted by molar-refractivity contribution is 6.29. The molecule has 0 bridgehead atoms. The van der Waals surface area contributed by atoms with Gasteiger partial charge in [-0.3, -0.25) is 4.79 Å². The van der Waals surface area contributed by atoms with Gasteiger partial charge in [0.25, 0.3) is 6.01 Å². The first kappa shape index (κ1) is 11.3. The van der Waals surface area contributed by atoms with Crippen LogP contribution in [0.4, 0.5) is 6.01 Å². The number of halogens is 1. The van der Waals surface area contributed by atoms with Crippen LogP contribution in [0.25, 0.3) is 11.2 Å². The van der Waals surface area contributed by atoms with Crippen molar-refractivity contribution in [2.45, 2.75) is 0 Å². The quantitative estimate of drug-likeness (QED) is 0.603. The van der Waals surface area contributed by atoms with Crippen molar-refractivity contribution >= 4 is 35.3 Å². The van der Waals surface area contributed by atoms with Crippen molar-refractivity contribution in [2.24, 2.45) is 0 Å². The number of piperazine rings is 1. The summed E-state index contributed by atoms with van der Waals surface area (Å²) in [5.41, 5.74) is 1.13. The number of pyridine rings is 1.